The number of halogens is 3. The molecule has 1 aliphatic rings. The fourth-order valence-electron chi connectivity index (χ4n) is 4.52. The molecule has 1 aliphatic carbocycles. The highest BCUT2D eigenvalue weighted by molar-refractivity contribution is 5.83. The fourth-order valence-corrected chi connectivity index (χ4v) is 4.52. The monoisotopic (exact) mass is 533 g/mol. The molecule has 8 heteroatoms. The molecule has 0 saturated heterocycles. The highest BCUT2D eigenvalue weighted by Gasteiger charge is 2.40. The predicted octanol–water partition coefficient (Wildman–Crippen LogP) is 8.98. The normalized spacial score (nSPS) is 14.5. The summed E-state index contributed by atoms with van der Waals surface area (Å²) in [6.45, 7) is 17.9. The van der Waals surface area contributed by atoms with Gasteiger partial charge >= 0.3 is 6.18 Å². The van der Waals surface area contributed by atoms with Crippen LogP contribution in [0.3, 0.4) is 0 Å². The topological polar surface area (TPSA) is 38.4 Å². The summed E-state index contributed by atoms with van der Waals surface area (Å²) in [4.78, 5) is 10.8. The first-order valence-electron chi connectivity index (χ1n) is 14.1. The Morgan fingerprint density at radius 2 is 1.84 bits per heavy atom. The van der Waals surface area contributed by atoms with Crippen LogP contribution in [0, 0.1) is 5.92 Å². The first kappa shape index (κ1) is 31.6. The molecule has 0 spiro atoms. The molecule has 212 valence electrons. The van der Waals surface area contributed by atoms with Crippen molar-refractivity contribution in [3.05, 3.63) is 47.4 Å². The lowest BCUT2D eigenvalue weighted by Gasteiger charge is -2.21. The summed E-state index contributed by atoms with van der Waals surface area (Å²) in [6, 6.07) is 3.60. The van der Waals surface area contributed by atoms with Crippen molar-refractivity contribution < 1.29 is 13.2 Å². The molecule has 1 saturated carbocycles. The molecule has 0 N–H and O–H groups in total. The van der Waals surface area contributed by atoms with Crippen LogP contribution in [0.2, 0.25) is 0 Å². The maximum absolute atomic E-state index is 14.1. The lowest BCUT2D eigenvalue weighted by atomic mass is 10.1. The molecule has 0 bridgehead atoms. The second-order valence-corrected chi connectivity index (χ2v) is 9.59. The van der Waals surface area contributed by atoms with Gasteiger partial charge in [-0.05, 0) is 71.0 Å². The van der Waals surface area contributed by atoms with Crippen molar-refractivity contribution in [1.82, 2.24) is 23.8 Å². The summed E-state index contributed by atoms with van der Waals surface area (Å²) in [5, 5.41) is 0. The van der Waals surface area contributed by atoms with E-state index in [4.69, 9.17) is 0 Å². The van der Waals surface area contributed by atoms with Crippen LogP contribution in [0.15, 0.2) is 36.1 Å². The van der Waals surface area contributed by atoms with E-state index in [9.17, 15) is 13.2 Å². The molecule has 0 radical (unpaired) electrons. The number of hydrogen-bond acceptors (Lipinski definition) is 3. The van der Waals surface area contributed by atoms with Crippen LogP contribution in [-0.2, 0) is 12.7 Å². The Labute approximate surface area is 226 Å². The van der Waals surface area contributed by atoms with Crippen LogP contribution in [0.25, 0.3) is 22.6 Å². The Hall–Kier alpha value is -2.61. The average Bonchev–Trinajstić information content (AvgIpc) is 3.55. The van der Waals surface area contributed by atoms with Crippen LogP contribution in [0.4, 0.5) is 13.2 Å². The zero-order valence-electron chi connectivity index (χ0n) is 24.5. The van der Waals surface area contributed by atoms with Crippen molar-refractivity contribution in [3.63, 3.8) is 0 Å². The summed E-state index contributed by atoms with van der Waals surface area (Å²) in [5.74, 6) is 0.883. The molecule has 3 aromatic rings. The molecule has 0 atom stereocenters. The molecule has 0 aromatic carbocycles. The van der Waals surface area contributed by atoms with Gasteiger partial charge in [-0.15, -0.1) is 0 Å². The van der Waals surface area contributed by atoms with Gasteiger partial charge in [0, 0.05) is 25.0 Å². The summed E-state index contributed by atoms with van der Waals surface area (Å²) in [5.41, 5.74) is 2.70. The minimum atomic E-state index is -4.52. The fraction of sp³-hybridized carbons (Fsp3) is 0.600. The number of rotatable bonds is 9. The molecule has 4 rings (SSSR count). The van der Waals surface area contributed by atoms with E-state index in [1.165, 1.54) is 0 Å². The average molecular weight is 534 g/mol. The maximum atomic E-state index is 14.1. The van der Waals surface area contributed by atoms with E-state index in [1.54, 1.807) is 21.2 Å². The Morgan fingerprint density at radius 1 is 1.16 bits per heavy atom. The van der Waals surface area contributed by atoms with Crippen LogP contribution >= 0.6 is 0 Å². The molecule has 1 fully saturated rings. The maximum Gasteiger partial charge on any atom is 0.435 e. The molecule has 38 heavy (non-hydrogen) atoms. The first-order chi connectivity index (χ1) is 18.2. The second-order valence-electron chi connectivity index (χ2n) is 9.59. The lowest BCUT2D eigenvalue weighted by Crippen LogP contribution is -2.27. The van der Waals surface area contributed by atoms with Gasteiger partial charge in [-0.1, -0.05) is 58.8 Å². The second kappa shape index (κ2) is 14.5. The first-order valence-corrected chi connectivity index (χ1v) is 14.1. The minimum Gasteiger partial charge on any atom is -0.298 e. The predicted molar refractivity (Wildman–Crippen MR) is 153 cm³/mol. The van der Waals surface area contributed by atoms with Gasteiger partial charge < -0.3 is 0 Å². The smallest absolute Gasteiger partial charge is 0.298 e. The van der Waals surface area contributed by atoms with Gasteiger partial charge in [0.25, 0.3) is 0 Å². The van der Waals surface area contributed by atoms with Crippen molar-refractivity contribution in [2.75, 3.05) is 13.1 Å². The molecular formula is C30H46F3N5. The molecule has 0 amide bonds. The van der Waals surface area contributed by atoms with Crippen molar-refractivity contribution in [2.45, 2.75) is 100 Å². The lowest BCUT2D eigenvalue weighted by molar-refractivity contribution is -0.141. The molecular weight excluding hydrogens is 487 g/mol. The van der Waals surface area contributed by atoms with Gasteiger partial charge in [0.15, 0.2) is 11.3 Å². The van der Waals surface area contributed by atoms with Gasteiger partial charge in [0.2, 0.25) is 5.78 Å². The molecule has 0 aliphatic heterocycles. The van der Waals surface area contributed by atoms with Gasteiger partial charge in [0.1, 0.15) is 0 Å². The number of nitrogens with zero attached hydrogens (tertiary/aromatic N) is 5. The van der Waals surface area contributed by atoms with E-state index in [0.29, 0.717) is 23.6 Å². The van der Waals surface area contributed by atoms with E-state index in [0.717, 1.165) is 49.9 Å². The quantitative estimate of drug-likeness (QED) is 0.258. The number of aromatic nitrogens is 4. The Bertz CT molecular complexity index is 1210. The Kier molecular flexibility index (Phi) is 12.1. The van der Waals surface area contributed by atoms with Crippen molar-refractivity contribution in [3.8, 4) is 0 Å². The SMILES string of the molecule is C/C=C/CC.CC.CCC/C(C)=C(/C)n1c2ncccc2n2c(CN(CC)CC3CC3)c(C(F)(F)F)nc12. The van der Waals surface area contributed by atoms with Crippen molar-refractivity contribution in [2.24, 2.45) is 5.92 Å². The van der Waals surface area contributed by atoms with Gasteiger partial charge in [0.05, 0.1) is 11.2 Å². The summed E-state index contributed by atoms with van der Waals surface area (Å²) >= 11 is 0. The van der Waals surface area contributed by atoms with Crippen LogP contribution < -0.4 is 0 Å². The highest BCUT2D eigenvalue weighted by Crippen LogP contribution is 2.37. The standard InChI is InChI=1S/C23H30F3N5.C5H10.C2H6/c1-5-8-15(3)16(4)30-21-18(9-7-12-27-21)31-19(14-29(6-2)13-17-10-11-17)20(23(24,25)26)28-22(30)31;1-3-5-4-2;1-2/h7,9,12,17H,5-6,8,10-11,13-14H2,1-4H3;3,5H,4H2,1-2H3;1-2H3/b16-15-;5-3+;. The van der Waals surface area contributed by atoms with E-state index >= 15 is 0 Å². The molecule has 5 nitrogen and oxygen atoms in total. The number of allylic oxidation sites excluding steroid dienone is 4. The van der Waals surface area contributed by atoms with Gasteiger partial charge in [-0.2, -0.15) is 13.2 Å². The number of fused-ring (bicyclic) bond motifs is 3. The summed E-state index contributed by atoms with van der Waals surface area (Å²) < 4.78 is 45.7. The van der Waals surface area contributed by atoms with E-state index in [2.05, 4.69) is 40.9 Å². The molecule has 3 aromatic heterocycles. The third kappa shape index (κ3) is 7.49. The van der Waals surface area contributed by atoms with Crippen LogP contribution in [-0.4, -0.2) is 36.9 Å². The molecule has 0 unspecified atom stereocenters. The number of imidazole rings is 2. The summed E-state index contributed by atoms with van der Waals surface area (Å²) in [6.07, 6.45) is 6.66. The minimum absolute atomic E-state index is 0.197. The van der Waals surface area contributed by atoms with Crippen molar-refractivity contribution in [1.29, 1.82) is 0 Å². The van der Waals surface area contributed by atoms with E-state index in [1.807, 2.05) is 47.6 Å². The van der Waals surface area contributed by atoms with Gasteiger partial charge in [-0.3, -0.25) is 13.9 Å². The number of alkyl halides is 3. The third-order valence-corrected chi connectivity index (χ3v) is 6.73. The Morgan fingerprint density at radius 3 is 2.34 bits per heavy atom. The Balaban J connectivity index is 0.000000651. The summed E-state index contributed by atoms with van der Waals surface area (Å²) in [7, 11) is 0. The van der Waals surface area contributed by atoms with Crippen molar-refractivity contribution >= 4 is 22.6 Å². The van der Waals surface area contributed by atoms with Gasteiger partial charge in [-0.25, -0.2) is 9.97 Å². The van der Waals surface area contributed by atoms with E-state index < -0.39 is 11.9 Å². The van der Waals surface area contributed by atoms with Crippen LogP contribution in [0.1, 0.15) is 98.9 Å². The third-order valence-electron chi connectivity index (χ3n) is 6.73. The van der Waals surface area contributed by atoms with Crippen LogP contribution in [0.5, 0.6) is 0 Å². The number of pyridine rings is 1. The highest BCUT2D eigenvalue weighted by atomic mass is 19.4. The molecule has 3 heterocycles. The zero-order chi connectivity index (χ0) is 28.5. The largest absolute Gasteiger partial charge is 0.435 e. The number of hydrogen-bond donors (Lipinski definition) is 0. The zero-order valence-corrected chi connectivity index (χ0v) is 24.5. The van der Waals surface area contributed by atoms with E-state index in [-0.39, 0.29) is 18.0 Å².